The lowest BCUT2D eigenvalue weighted by Crippen LogP contribution is -2.31. The van der Waals surface area contributed by atoms with Gasteiger partial charge in [0, 0.05) is 24.3 Å². The van der Waals surface area contributed by atoms with Crippen molar-refractivity contribution in [3.8, 4) is 0 Å². The molecule has 0 spiro atoms. The highest BCUT2D eigenvalue weighted by molar-refractivity contribution is 6.04. The molecule has 1 saturated heterocycles. The molecule has 0 saturated carbocycles. The molecular weight excluding hydrogens is 357 g/mol. The molecule has 0 bridgehead atoms. The summed E-state index contributed by atoms with van der Waals surface area (Å²) in [5.74, 6) is -0.513. The van der Waals surface area contributed by atoms with Crippen LogP contribution in [0.1, 0.15) is 22.3 Å². The molecule has 3 N–H and O–H groups in total. The Labute approximate surface area is 157 Å². The second-order valence-corrected chi connectivity index (χ2v) is 6.07. The normalized spacial score (nSPS) is 15.8. The van der Waals surface area contributed by atoms with E-state index in [0.29, 0.717) is 17.8 Å². The molecule has 1 fully saturated rings. The Morgan fingerprint density at radius 2 is 1.77 bits per heavy atom. The number of carbonyl (C=O) groups is 2. The molecule has 26 heavy (non-hydrogen) atoms. The Kier molecular flexibility index (Phi) is 7.12. The monoisotopic (exact) mass is 377 g/mol. The van der Waals surface area contributed by atoms with Crippen molar-refractivity contribution in [2.75, 3.05) is 18.4 Å². The van der Waals surface area contributed by atoms with Crippen LogP contribution in [0.4, 0.5) is 10.1 Å². The zero-order chi connectivity index (χ0) is 17.6. The number of anilines is 1. The number of hydrogen-bond donors (Lipinski definition) is 3. The summed E-state index contributed by atoms with van der Waals surface area (Å²) in [6.45, 7) is 2.06. The van der Waals surface area contributed by atoms with Gasteiger partial charge in [-0.2, -0.15) is 0 Å². The molecule has 1 atom stereocenters. The summed E-state index contributed by atoms with van der Waals surface area (Å²) < 4.78 is 12.9. The summed E-state index contributed by atoms with van der Waals surface area (Å²) in [7, 11) is 0. The van der Waals surface area contributed by atoms with Gasteiger partial charge in [0.25, 0.3) is 5.91 Å². The first-order valence-electron chi connectivity index (χ1n) is 8.26. The van der Waals surface area contributed by atoms with Crippen LogP contribution in [0.15, 0.2) is 48.5 Å². The number of carbonyl (C=O) groups excluding carboxylic acids is 2. The zero-order valence-electron chi connectivity index (χ0n) is 14.1. The molecule has 2 aromatic carbocycles. The molecule has 2 amide bonds. The van der Waals surface area contributed by atoms with Gasteiger partial charge in [-0.25, -0.2) is 4.39 Å². The van der Waals surface area contributed by atoms with Crippen molar-refractivity contribution >= 4 is 29.9 Å². The van der Waals surface area contributed by atoms with E-state index in [9.17, 15) is 14.0 Å². The summed E-state index contributed by atoms with van der Waals surface area (Å²) in [6, 6.07) is 12.6. The quantitative estimate of drug-likeness (QED) is 0.750. The van der Waals surface area contributed by atoms with Gasteiger partial charge in [-0.05, 0) is 54.9 Å². The number of nitrogens with one attached hydrogen (secondary N) is 3. The lowest BCUT2D eigenvalue weighted by Gasteiger charge is -2.10. The number of rotatable bonds is 5. The molecule has 138 valence electrons. The second kappa shape index (κ2) is 9.31. The highest BCUT2D eigenvalue weighted by Gasteiger charge is 2.21. The van der Waals surface area contributed by atoms with E-state index < -0.39 is 0 Å². The highest BCUT2D eigenvalue weighted by Crippen LogP contribution is 2.12. The van der Waals surface area contributed by atoms with E-state index in [1.54, 1.807) is 12.1 Å². The van der Waals surface area contributed by atoms with E-state index in [0.717, 1.165) is 25.1 Å². The Bertz CT molecular complexity index is 744. The lowest BCUT2D eigenvalue weighted by atomic mass is 10.1. The maximum Gasteiger partial charge on any atom is 0.255 e. The van der Waals surface area contributed by atoms with E-state index in [1.165, 1.54) is 24.3 Å². The van der Waals surface area contributed by atoms with Gasteiger partial charge >= 0.3 is 0 Å². The smallest absolute Gasteiger partial charge is 0.255 e. The van der Waals surface area contributed by atoms with Gasteiger partial charge in [-0.15, -0.1) is 12.4 Å². The van der Waals surface area contributed by atoms with E-state index >= 15 is 0 Å². The minimum Gasteiger partial charge on any atom is -0.352 e. The number of benzene rings is 2. The van der Waals surface area contributed by atoms with Crippen LogP contribution in [0.3, 0.4) is 0 Å². The van der Waals surface area contributed by atoms with Crippen LogP contribution in [0.5, 0.6) is 0 Å². The van der Waals surface area contributed by atoms with E-state index in [-0.39, 0.29) is 36.0 Å². The van der Waals surface area contributed by atoms with Gasteiger partial charge < -0.3 is 16.0 Å². The molecular formula is C19H21ClFN3O2. The fraction of sp³-hybridized carbons (Fsp3) is 0.263. The number of amides is 2. The Balaban J connectivity index is 0.00000243. The molecule has 0 aliphatic carbocycles. The standard InChI is InChI=1S/C19H20FN3O2.ClH/c20-16-5-7-17(8-6-16)23-19(25)14-3-1-13(2-4-14)11-22-18(24)15-9-10-21-12-15;/h1-8,15,21H,9-12H2,(H,22,24)(H,23,25);1H. The number of hydrogen-bond acceptors (Lipinski definition) is 3. The predicted octanol–water partition coefficient (Wildman–Crippen LogP) is 2.73. The molecule has 1 aliphatic heterocycles. The summed E-state index contributed by atoms with van der Waals surface area (Å²) >= 11 is 0. The Morgan fingerprint density at radius 3 is 2.38 bits per heavy atom. The Morgan fingerprint density at radius 1 is 1.08 bits per heavy atom. The second-order valence-electron chi connectivity index (χ2n) is 6.07. The van der Waals surface area contributed by atoms with Crippen molar-refractivity contribution in [1.29, 1.82) is 0 Å². The average molecular weight is 378 g/mol. The summed E-state index contributed by atoms with van der Waals surface area (Å²) in [5, 5.41) is 8.80. The first-order valence-corrected chi connectivity index (χ1v) is 8.26. The Hall–Kier alpha value is -2.44. The first-order chi connectivity index (χ1) is 12.1. The molecule has 7 heteroatoms. The summed E-state index contributed by atoms with van der Waals surface area (Å²) in [5.41, 5.74) is 1.96. The largest absolute Gasteiger partial charge is 0.352 e. The summed E-state index contributed by atoms with van der Waals surface area (Å²) in [4.78, 5) is 24.1. The van der Waals surface area contributed by atoms with Gasteiger partial charge in [-0.1, -0.05) is 12.1 Å². The van der Waals surface area contributed by atoms with Gasteiger partial charge in [-0.3, -0.25) is 9.59 Å². The molecule has 0 radical (unpaired) electrons. The SMILES string of the molecule is Cl.O=C(Nc1ccc(F)cc1)c1ccc(CNC(=O)C2CCNC2)cc1. The zero-order valence-corrected chi connectivity index (χ0v) is 14.9. The van der Waals surface area contributed by atoms with E-state index in [2.05, 4.69) is 16.0 Å². The average Bonchev–Trinajstić information content (AvgIpc) is 3.17. The molecule has 1 heterocycles. The van der Waals surface area contributed by atoms with Crippen LogP contribution in [0, 0.1) is 11.7 Å². The first kappa shape index (κ1) is 19.9. The van der Waals surface area contributed by atoms with Crippen LogP contribution in [-0.2, 0) is 11.3 Å². The van der Waals surface area contributed by atoms with Crippen molar-refractivity contribution in [3.05, 3.63) is 65.5 Å². The highest BCUT2D eigenvalue weighted by atomic mass is 35.5. The molecule has 0 aromatic heterocycles. The molecule has 1 unspecified atom stereocenters. The third-order valence-corrected chi connectivity index (χ3v) is 4.22. The van der Waals surface area contributed by atoms with Crippen LogP contribution < -0.4 is 16.0 Å². The molecule has 5 nitrogen and oxygen atoms in total. The fourth-order valence-corrected chi connectivity index (χ4v) is 2.72. The molecule has 2 aromatic rings. The minimum atomic E-state index is -0.349. The predicted molar refractivity (Wildman–Crippen MR) is 101 cm³/mol. The van der Waals surface area contributed by atoms with E-state index in [1.807, 2.05) is 12.1 Å². The van der Waals surface area contributed by atoms with Crippen molar-refractivity contribution < 1.29 is 14.0 Å². The van der Waals surface area contributed by atoms with Crippen LogP contribution in [0.2, 0.25) is 0 Å². The van der Waals surface area contributed by atoms with Crippen LogP contribution in [-0.4, -0.2) is 24.9 Å². The third kappa shape index (κ3) is 5.28. The summed E-state index contributed by atoms with van der Waals surface area (Å²) in [6.07, 6.45) is 0.869. The van der Waals surface area contributed by atoms with Crippen molar-refractivity contribution in [1.82, 2.24) is 10.6 Å². The van der Waals surface area contributed by atoms with E-state index in [4.69, 9.17) is 0 Å². The maximum absolute atomic E-state index is 12.9. The van der Waals surface area contributed by atoms with Crippen molar-refractivity contribution in [2.45, 2.75) is 13.0 Å². The van der Waals surface area contributed by atoms with Crippen molar-refractivity contribution in [2.24, 2.45) is 5.92 Å². The van der Waals surface area contributed by atoms with Gasteiger partial charge in [0.15, 0.2) is 0 Å². The lowest BCUT2D eigenvalue weighted by molar-refractivity contribution is -0.124. The van der Waals surface area contributed by atoms with Gasteiger partial charge in [0.05, 0.1) is 5.92 Å². The van der Waals surface area contributed by atoms with Gasteiger partial charge in [0.2, 0.25) is 5.91 Å². The topological polar surface area (TPSA) is 70.2 Å². The van der Waals surface area contributed by atoms with Crippen molar-refractivity contribution in [3.63, 3.8) is 0 Å². The van der Waals surface area contributed by atoms with Crippen LogP contribution >= 0.6 is 12.4 Å². The third-order valence-electron chi connectivity index (χ3n) is 4.22. The van der Waals surface area contributed by atoms with Gasteiger partial charge in [0.1, 0.15) is 5.82 Å². The fourth-order valence-electron chi connectivity index (χ4n) is 2.72. The molecule has 1 aliphatic rings. The minimum absolute atomic E-state index is 0. The number of halogens is 2. The molecule has 3 rings (SSSR count). The maximum atomic E-state index is 12.9. The van der Waals surface area contributed by atoms with Crippen LogP contribution in [0.25, 0.3) is 0 Å².